The summed E-state index contributed by atoms with van der Waals surface area (Å²) in [4.78, 5) is 15.7. The zero-order valence-electron chi connectivity index (χ0n) is 9.06. The minimum absolute atomic E-state index is 0.000880. The Morgan fingerprint density at radius 1 is 1.60 bits per heavy atom. The third-order valence-corrected chi connectivity index (χ3v) is 3.23. The summed E-state index contributed by atoms with van der Waals surface area (Å²) in [6, 6.07) is -0.170. The van der Waals surface area contributed by atoms with Gasteiger partial charge in [-0.05, 0) is 26.4 Å². The smallest absolute Gasteiger partial charge is 0.250 e. The van der Waals surface area contributed by atoms with Crippen molar-refractivity contribution < 1.29 is 14.6 Å². The third-order valence-electron chi connectivity index (χ3n) is 3.23. The Labute approximate surface area is 89.6 Å². The zero-order chi connectivity index (χ0) is 10.8. The van der Waals surface area contributed by atoms with Crippen molar-refractivity contribution in [1.29, 1.82) is 0 Å². The predicted octanol–water partition coefficient (Wildman–Crippen LogP) is -0.742. The number of ether oxygens (including phenoxy) is 1. The molecule has 2 unspecified atom stereocenters. The van der Waals surface area contributed by atoms with Gasteiger partial charge in [-0.3, -0.25) is 9.69 Å². The fourth-order valence-corrected chi connectivity index (χ4v) is 2.44. The molecule has 5 nitrogen and oxygen atoms in total. The average molecular weight is 214 g/mol. The number of amides is 1. The van der Waals surface area contributed by atoms with E-state index in [0.717, 1.165) is 19.4 Å². The first kappa shape index (κ1) is 10.9. The molecule has 0 aromatic rings. The monoisotopic (exact) mass is 214 g/mol. The number of hydrogen-bond donors (Lipinski definition) is 1. The van der Waals surface area contributed by atoms with Gasteiger partial charge in [0, 0.05) is 0 Å². The quantitative estimate of drug-likeness (QED) is 0.657. The topological polar surface area (TPSA) is 53.0 Å². The number of rotatable bonds is 2. The number of aliphatic hydroxyl groups excluding tert-OH is 1. The van der Waals surface area contributed by atoms with E-state index in [1.165, 1.54) is 0 Å². The Balaban J connectivity index is 2.11. The summed E-state index contributed by atoms with van der Waals surface area (Å²) in [6.45, 7) is 1.61. The van der Waals surface area contributed by atoms with Crippen molar-refractivity contribution in [2.75, 3.05) is 33.4 Å². The van der Waals surface area contributed by atoms with Crippen LogP contribution < -0.4 is 0 Å². The van der Waals surface area contributed by atoms with E-state index >= 15 is 0 Å². The molecule has 0 saturated carbocycles. The maximum Gasteiger partial charge on any atom is 0.250 e. The number of hydrogen-bond acceptors (Lipinski definition) is 4. The summed E-state index contributed by atoms with van der Waals surface area (Å²) in [6.07, 6.45) is 2.27. The van der Waals surface area contributed by atoms with Crippen LogP contribution in [0.5, 0.6) is 0 Å². The number of nitrogens with zero attached hydrogens (tertiary/aromatic N) is 2. The van der Waals surface area contributed by atoms with Gasteiger partial charge in [0.15, 0.2) is 0 Å². The van der Waals surface area contributed by atoms with Gasteiger partial charge in [0.25, 0.3) is 0 Å². The van der Waals surface area contributed by atoms with E-state index in [-0.39, 0.29) is 31.3 Å². The second kappa shape index (κ2) is 4.47. The minimum atomic E-state index is -0.170. The third kappa shape index (κ3) is 2.00. The lowest BCUT2D eigenvalue weighted by Gasteiger charge is -2.41. The standard InChI is InChI=1S/C10H18N2O3/c1-11-4-2-3-9(11)12-8(5-13)6-15-7-10(12)14/h8-9,13H,2-7H2,1H3. The summed E-state index contributed by atoms with van der Waals surface area (Å²) in [5.74, 6) is -0.000880. The van der Waals surface area contributed by atoms with E-state index in [4.69, 9.17) is 4.74 Å². The van der Waals surface area contributed by atoms with Crippen molar-refractivity contribution in [2.24, 2.45) is 0 Å². The number of carbonyl (C=O) groups is 1. The molecule has 0 aromatic carbocycles. The molecule has 2 rings (SSSR count). The molecule has 0 aromatic heterocycles. The lowest BCUT2D eigenvalue weighted by atomic mass is 10.2. The Morgan fingerprint density at radius 3 is 3.00 bits per heavy atom. The largest absolute Gasteiger partial charge is 0.394 e. The van der Waals surface area contributed by atoms with Gasteiger partial charge in [-0.15, -0.1) is 0 Å². The second-order valence-corrected chi connectivity index (χ2v) is 4.26. The van der Waals surface area contributed by atoms with Gasteiger partial charge in [0.05, 0.1) is 25.4 Å². The lowest BCUT2D eigenvalue weighted by Crippen LogP contribution is -2.58. The summed E-state index contributed by atoms with van der Waals surface area (Å²) in [7, 11) is 2.02. The molecule has 0 radical (unpaired) electrons. The highest BCUT2D eigenvalue weighted by Gasteiger charge is 2.37. The fourth-order valence-electron chi connectivity index (χ4n) is 2.44. The van der Waals surface area contributed by atoms with E-state index < -0.39 is 0 Å². The summed E-state index contributed by atoms with van der Waals surface area (Å²) in [5, 5.41) is 9.23. The first-order valence-electron chi connectivity index (χ1n) is 5.44. The molecule has 0 aliphatic carbocycles. The van der Waals surface area contributed by atoms with Crippen LogP contribution in [-0.2, 0) is 9.53 Å². The number of aliphatic hydroxyl groups is 1. The summed E-state index contributed by atoms with van der Waals surface area (Å²) >= 11 is 0. The molecule has 2 fully saturated rings. The molecular weight excluding hydrogens is 196 g/mol. The van der Waals surface area contributed by atoms with Gasteiger partial charge in [0.1, 0.15) is 6.61 Å². The van der Waals surface area contributed by atoms with Gasteiger partial charge in [-0.1, -0.05) is 0 Å². The van der Waals surface area contributed by atoms with Gasteiger partial charge >= 0.3 is 0 Å². The van der Waals surface area contributed by atoms with Crippen LogP contribution in [0.2, 0.25) is 0 Å². The molecule has 15 heavy (non-hydrogen) atoms. The number of carbonyl (C=O) groups excluding carboxylic acids is 1. The average Bonchev–Trinajstić information content (AvgIpc) is 2.64. The zero-order valence-corrected chi connectivity index (χ0v) is 9.06. The first-order valence-corrected chi connectivity index (χ1v) is 5.44. The number of morpholine rings is 1. The van der Waals surface area contributed by atoms with Crippen molar-refractivity contribution in [3.8, 4) is 0 Å². The highest BCUT2D eigenvalue weighted by molar-refractivity contribution is 5.78. The van der Waals surface area contributed by atoms with Crippen LogP contribution in [0.3, 0.4) is 0 Å². The van der Waals surface area contributed by atoms with Crippen LogP contribution in [0.1, 0.15) is 12.8 Å². The van der Waals surface area contributed by atoms with Crippen LogP contribution in [0.4, 0.5) is 0 Å². The molecule has 0 spiro atoms. The van der Waals surface area contributed by atoms with Crippen LogP contribution in [-0.4, -0.2) is 66.4 Å². The van der Waals surface area contributed by atoms with Crippen molar-refractivity contribution in [3.63, 3.8) is 0 Å². The predicted molar refractivity (Wildman–Crippen MR) is 54.2 cm³/mol. The van der Waals surface area contributed by atoms with E-state index in [2.05, 4.69) is 4.90 Å². The van der Waals surface area contributed by atoms with Crippen molar-refractivity contribution in [1.82, 2.24) is 9.80 Å². The van der Waals surface area contributed by atoms with Crippen LogP contribution >= 0.6 is 0 Å². The first-order chi connectivity index (χ1) is 7.24. The second-order valence-electron chi connectivity index (χ2n) is 4.26. The van der Waals surface area contributed by atoms with E-state index in [1.54, 1.807) is 4.90 Å². The molecule has 2 saturated heterocycles. The summed E-state index contributed by atoms with van der Waals surface area (Å²) in [5.41, 5.74) is 0. The van der Waals surface area contributed by atoms with E-state index in [0.29, 0.717) is 6.61 Å². The molecule has 1 amide bonds. The lowest BCUT2D eigenvalue weighted by molar-refractivity contribution is -0.158. The Morgan fingerprint density at radius 2 is 2.40 bits per heavy atom. The highest BCUT2D eigenvalue weighted by atomic mass is 16.5. The van der Waals surface area contributed by atoms with Gasteiger partial charge in [0.2, 0.25) is 5.91 Å². The Bertz CT molecular complexity index is 247. The van der Waals surface area contributed by atoms with Gasteiger partial charge in [-0.2, -0.15) is 0 Å². The van der Waals surface area contributed by atoms with Gasteiger partial charge in [-0.25, -0.2) is 0 Å². The van der Waals surface area contributed by atoms with Crippen LogP contribution in [0, 0.1) is 0 Å². The van der Waals surface area contributed by atoms with Crippen LogP contribution in [0.25, 0.3) is 0 Å². The van der Waals surface area contributed by atoms with E-state index in [9.17, 15) is 9.90 Å². The molecular formula is C10H18N2O3. The molecule has 2 aliphatic heterocycles. The van der Waals surface area contributed by atoms with Gasteiger partial charge < -0.3 is 14.7 Å². The minimum Gasteiger partial charge on any atom is -0.394 e. The Hall–Kier alpha value is -0.650. The maximum atomic E-state index is 11.8. The molecule has 86 valence electrons. The highest BCUT2D eigenvalue weighted by Crippen LogP contribution is 2.23. The molecule has 5 heteroatoms. The molecule has 2 aliphatic rings. The maximum absolute atomic E-state index is 11.8. The number of likely N-dealkylation sites (tertiary alicyclic amines) is 1. The van der Waals surface area contributed by atoms with Crippen molar-refractivity contribution in [3.05, 3.63) is 0 Å². The normalized spacial score (nSPS) is 33.7. The Kier molecular flexibility index (Phi) is 3.23. The SMILES string of the molecule is CN1CCCC1N1C(=O)COCC1CO. The van der Waals surface area contributed by atoms with Crippen molar-refractivity contribution in [2.45, 2.75) is 25.0 Å². The molecule has 0 bridgehead atoms. The summed E-state index contributed by atoms with van der Waals surface area (Å²) < 4.78 is 5.14. The van der Waals surface area contributed by atoms with Crippen molar-refractivity contribution >= 4 is 5.91 Å². The molecule has 2 heterocycles. The van der Waals surface area contributed by atoms with Crippen LogP contribution in [0.15, 0.2) is 0 Å². The molecule has 1 N–H and O–H groups in total. The molecule has 2 atom stereocenters. The fraction of sp³-hybridized carbons (Fsp3) is 0.900. The van der Waals surface area contributed by atoms with E-state index in [1.807, 2.05) is 7.05 Å².